The van der Waals surface area contributed by atoms with Crippen LogP contribution in [0.2, 0.25) is 0 Å². The fourth-order valence-electron chi connectivity index (χ4n) is 2.05. The van der Waals surface area contributed by atoms with E-state index in [1.807, 2.05) is 25.1 Å². The van der Waals surface area contributed by atoms with Crippen LogP contribution in [0.4, 0.5) is 5.69 Å². The molecule has 2 aromatic rings. The molecular formula is C12H13BrN4. The molecule has 88 valence electrons. The molecule has 4 nitrogen and oxygen atoms in total. The van der Waals surface area contributed by atoms with Gasteiger partial charge in [0.1, 0.15) is 5.82 Å². The molecule has 1 saturated carbocycles. The van der Waals surface area contributed by atoms with Crippen molar-refractivity contribution in [2.75, 3.05) is 5.73 Å². The molecule has 1 aromatic carbocycles. The zero-order valence-electron chi connectivity index (χ0n) is 9.52. The summed E-state index contributed by atoms with van der Waals surface area (Å²) >= 11 is 3.46. The lowest BCUT2D eigenvalue weighted by molar-refractivity contribution is 0.717. The summed E-state index contributed by atoms with van der Waals surface area (Å²) in [4.78, 5) is 0. The third-order valence-corrected chi connectivity index (χ3v) is 3.53. The quantitative estimate of drug-likeness (QED) is 0.866. The molecule has 0 amide bonds. The van der Waals surface area contributed by atoms with E-state index >= 15 is 0 Å². The molecule has 17 heavy (non-hydrogen) atoms. The number of hydrogen-bond acceptors (Lipinski definition) is 3. The van der Waals surface area contributed by atoms with Crippen molar-refractivity contribution < 1.29 is 0 Å². The fourth-order valence-corrected chi connectivity index (χ4v) is 2.41. The normalized spacial score (nSPS) is 15.2. The van der Waals surface area contributed by atoms with Gasteiger partial charge in [-0.1, -0.05) is 15.9 Å². The monoisotopic (exact) mass is 292 g/mol. The predicted molar refractivity (Wildman–Crippen MR) is 70.6 cm³/mol. The summed E-state index contributed by atoms with van der Waals surface area (Å²) in [5, 5.41) is 8.43. The van der Waals surface area contributed by atoms with Crippen LogP contribution in [0.15, 0.2) is 22.7 Å². The Morgan fingerprint density at radius 1 is 1.35 bits per heavy atom. The first-order valence-electron chi connectivity index (χ1n) is 5.63. The van der Waals surface area contributed by atoms with Gasteiger partial charge in [0.2, 0.25) is 0 Å². The van der Waals surface area contributed by atoms with Crippen LogP contribution in [0.3, 0.4) is 0 Å². The van der Waals surface area contributed by atoms with Crippen molar-refractivity contribution in [2.24, 2.45) is 0 Å². The van der Waals surface area contributed by atoms with E-state index in [4.69, 9.17) is 5.73 Å². The molecule has 0 unspecified atom stereocenters. The molecule has 2 N–H and O–H groups in total. The number of aromatic nitrogens is 3. The van der Waals surface area contributed by atoms with Crippen molar-refractivity contribution in [1.82, 2.24) is 14.8 Å². The molecule has 0 saturated heterocycles. The van der Waals surface area contributed by atoms with Crippen molar-refractivity contribution in [3.63, 3.8) is 0 Å². The van der Waals surface area contributed by atoms with Crippen LogP contribution in [0.1, 0.15) is 24.7 Å². The lowest BCUT2D eigenvalue weighted by Gasteiger charge is -2.09. The van der Waals surface area contributed by atoms with Gasteiger partial charge in [-0.3, -0.25) is 0 Å². The Kier molecular flexibility index (Phi) is 2.43. The second kappa shape index (κ2) is 3.84. The number of rotatable bonds is 2. The number of anilines is 1. The highest BCUT2D eigenvalue weighted by Gasteiger charge is 2.29. The molecule has 0 bridgehead atoms. The number of nitrogens with two attached hydrogens (primary N) is 1. The molecule has 0 spiro atoms. The first kappa shape index (κ1) is 10.8. The van der Waals surface area contributed by atoms with Crippen LogP contribution in [-0.4, -0.2) is 14.8 Å². The van der Waals surface area contributed by atoms with E-state index < -0.39 is 0 Å². The molecule has 0 atom stereocenters. The molecule has 0 radical (unpaired) electrons. The number of halogens is 1. The second-order valence-electron chi connectivity index (χ2n) is 4.40. The minimum absolute atomic E-state index is 0.554. The van der Waals surface area contributed by atoms with E-state index in [1.54, 1.807) is 0 Å². The Balaban J connectivity index is 2.17. The third kappa shape index (κ3) is 1.84. The highest BCUT2D eigenvalue weighted by Crippen LogP contribution is 2.40. The summed E-state index contributed by atoms with van der Waals surface area (Å²) in [6.07, 6.45) is 2.42. The van der Waals surface area contributed by atoms with Crippen molar-refractivity contribution in [3.8, 4) is 11.4 Å². The van der Waals surface area contributed by atoms with Crippen molar-refractivity contribution in [1.29, 1.82) is 0 Å². The third-order valence-electron chi connectivity index (χ3n) is 3.03. The maximum absolute atomic E-state index is 6.02. The Hall–Kier alpha value is -1.36. The molecule has 1 aliphatic carbocycles. The van der Waals surface area contributed by atoms with Crippen LogP contribution in [0.5, 0.6) is 0 Å². The van der Waals surface area contributed by atoms with Gasteiger partial charge in [0, 0.05) is 21.8 Å². The summed E-state index contributed by atoms with van der Waals surface area (Å²) in [6.45, 7) is 1.99. The minimum Gasteiger partial charge on any atom is -0.398 e. The van der Waals surface area contributed by atoms with Crippen molar-refractivity contribution in [3.05, 3.63) is 28.5 Å². The van der Waals surface area contributed by atoms with Gasteiger partial charge in [-0.15, -0.1) is 10.2 Å². The molecule has 5 heteroatoms. The lowest BCUT2D eigenvalue weighted by atomic mass is 10.1. The van der Waals surface area contributed by atoms with E-state index in [-0.39, 0.29) is 0 Å². The molecule has 0 aliphatic heterocycles. The SMILES string of the molecule is Cc1nnc(-c2cc(Br)ccc2N)n1C1CC1. The summed E-state index contributed by atoms with van der Waals surface area (Å²) in [6, 6.07) is 6.38. The Morgan fingerprint density at radius 2 is 2.12 bits per heavy atom. The highest BCUT2D eigenvalue weighted by molar-refractivity contribution is 9.10. The van der Waals surface area contributed by atoms with Gasteiger partial charge in [0.15, 0.2) is 5.82 Å². The van der Waals surface area contributed by atoms with Gasteiger partial charge >= 0.3 is 0 Å². The number of aryl methyl sites for hydroxylation is 1. The lowest BCUT2D eigenvalue weighted by Crippen LogP contribution is -2.01. The van der Waals surface area contributed by atoms with Gasteiger partial charge < -0.3 is 10.3 Å². The number of hydrogen-bond donors (Lipinski definition) is 1. The van der Waals surface area contributed by atoms with Gasteiger partial charge in [-0.2, -0.15) is 0 Å². The van der Waals surface area contributed by atoms with E-state index in [0.717, 1.165) is 27.4 Å². The van der Waals surface area contributed by atoms with E-state index in [9.17, 15) is 0 Å². The Labute approximate surface area is 108 Å². The zero-order chi connectivity index (χ0) is 12.0. The van der Waals surface area contributed by atoms with Crippen LogP contribution in [0.25, 0.3) is 11.4 Å². The zero-order valence-corrected chi connectivity index (χ0v) is 11.1. The average molecular weight is 293 g/mol. The smallest absolute Gasteiger partial charge is 0.166 e. The predicted octanol–water partition coefficient (Wildman–Crippen LogP) is 2.93. The van der Waals surface area contributed by atoms with E-state index in [0.29, 0.717) is 6.04 Å². The first-order chi connectivity index (χ1) is 8.16. The van der Waals surface area contributed by atoms with Gasteiger partial charge in [-0.25, -0.2) is 0 Å². The fraction of sp³-hybridized carbons (Fsp3) is 0.333. The summed E-state index contributed by atoms with van der Waals surface area (Å²) in [5.74, 6) is 1.84. The Morgan fingerprint density at radius 3 is 2.82 bits per heavy atom. The maximum atomic E-state index is 6.02. The van der Waals surface area contributed by atoms with Crippen molar-refractivity contribution in [2.45, 2.75) is 25.8 Å². The average Bonchev–Trinajstić information content (AvgIpc) is 3.06. The second-order valence-corrected chi connectivity index (χ2v) is 5.32. The van der Waals surface area contributed by atoms with Crippen LogP contribution in [0, 0.1) is 6.92 Å². The number of nitrogen functional groups attached to an aromatic ring is 1. The van der Waals surface area contributed by atoms with Crippen LogP contribution < -0.4 is 5.73 Å². The molecule has 1 aromatic heterocycles. The Bertz CT molecular complexity index is 572. The summed E-state index contributed by atoms with van der Waals surface area (Å²) in [7, 11) is 0. The largest absolute Gasteiger partial charge is 0.398 e. The van der Waals surface area contributed by atoms with Crippen molar-refractivity contribution >= 4 is 21.6 Å². The molecule has 3 rings (SSSR count). The van der Waals surface area contributed by atoms with Gasteiger partial charge in [0.25, 0.3) is 0 Å². The van der Waals surface area contributed by atoms with Crippen LogP contribution in [-0.2, 0) is 0 Å². The standard InChI is InChI=1S/C12H13BrN4/c1-7-15-16-12(17(7)9-3-4-9)10-6-8(13)2-5-11(10)14/h2,5-6,9H,3-4,14H2,1H3. The maximum Gasteiger partial charge on any atom is 0.166 e. The van der Waals surface area contributed by atoms with Gasteiger partial charge in [0.05, 0.1) is 0 Å². The first-order valence-corrected chi connectivity index (χ1v) is 6.43. The molecular weight excluding hydrogens is 280 g/mol. The van der Waals surface area contributed by atoms with Crippen LogP contribution >= 0.6 is 15.9 Å². The molecule has 1 heterocycles. The molecule has 1 aliphatic rings. The number of nitrogens with zero attached hydrogens (tertiary/aromatic N) is 3. The summed E-state index contributed by atoms with van der Waals surface area (Å²) in [5.41, 5.74) is 7.71. The van der Waals surface area contributed by atoms with Gasteiger partial charge in [-0.05, 0) is 38.0 Å². The molecule has 1 fully saturated rings. The topological polar surface area (TPSA) is 56.7 Å². The number of benzene rings is 1. The summed E-state index contributed by atoms with van der Waals surface area (Å²) < 4.78 is 3.20. The minimum atomic E-state index is 0.554. The highest BCUT2D eigenvalue weighted by atomic mass is 79.9. The van der Waals surface area contributed by atoms with E-state index in [1.165, 1.54) is 12.8 Å². The van der Waals surface area contributed by atoms with E-state index in [2.05, 4.69) is 30.7 Å².